The Morgan fingerprint density at radius 1 is 1.31 bits per heavy atom. The topological polar surface area (TPSA) is 35.2 Å². The van der Waals surface area contributed by atoms with Crippen molar-refractivity contribution < 1.29 is 17.9 Å². The number of alkyl halides is 3. The van der Waals surface area contributed by atoms with Gasteiger partial charge in [0, 0.05) is 6.04 Å². The first-order valence-corrected chi connectivity index (χ1v) is 4.88. The summed E-state index contributed by atoms with van der Waals surface area (Å²) >= 11 is 0. The van der Waals surface area contributed by atoms with Crippen molar-refractivity contribution in [2.45, 2.75) is 32.7 Å². The highest BCUT2D eigenvalue weighted by atomic mass is 19.4. The van der Waals surface area contributed by atoms with Crippen LogP contribution in [0.5, 0.6) is 5.75 Å². The molecule has 5 heteroatoms. The summed E-state index contributed by atoms with van der Waals surface area (Å²) in [5.74, 6) is -0.192. The highest BCUT2D eigenvalue weighted by Gasteiger charge is 2.31. The quantitative estimate of drug-likeness (QED) is 0.871. The molecule has 0 saturated carbocycles. The molecule has 16 heavy (non-hydrogen) atoms. The van der Waals surface area contributed by atoms with Gasteiger partial charge in [-0.05, 0) is 43.5 Å². The number of ether oxygens (including phenoxy) is 1. The van der Waals surface area contributed by atoms with Crippen LogP contribution in [0.25, 0.3) is 0 Å². The molecular weight excluding hydrogens is 219 g/mol. The molecule has 0 fully saturated rings. The molecule has 0 aliphatic heterocycles. The molecule has 0 aliphatic carbocycles. The minimum Gasteiger partial charge on any atom is -0.406 e. The molecule has 1 atom stereocenters. The maximum Gasteiger partial charge on any atom is 0.573 e. The van der Waals surface area contributed by atoms with Crippen LogP contribution >= 0.6 is 0 Å². The lowest BCUT2D eigenvalue weighted by Crippen LogP contribution is -2.19. The Morgan fingerprint density at radius 2 is 1.94 bits per heavy atom. The number of hydrogen-bond acceptors (Lipinski definition) is 2. The number of hydrogen-bond donors (Lipinski definition) is 1. The summed E-state index contributed by atoms with van der Waals surface area (Å²) in [4.78, 5) is 0. The van der Waals surface area contributed by atoms with E-state index in [9.17, 15) is 13.2 Å². The minimum absolute atomic E-state index is 0.0967. The normalized spacial score (nSPS) is 13.6. The Hall–Kier alpha value is -1.23. The molecule has 1 aromatic rings. The van der Waals surface area contributed by atoms with Crippen molar-refractivity contribution in [2.24, 2.45) is 5.73 Å². The van der Waals surface area contributed by atoms with E-state index in [1.807, 2.05) is 0 Å². The van der Waals surface area contributed by atoms with Gasteiger partial charge < -0.3 is 10.5 Å². The molecule has 1 aromatic carbocycles. The number of aryl methyl sites for hydroxylation is 1. The predicted molar refractivity (Wildman–Crippen MR) is 55.2 cm³/mol. The molecule has 90 valence electrons. The smallest absolute Gasteiger partial charge is 0.406 e. The number of halogens is 3. The van der Waals surface area contributed by atoms with Crippen LogP contribution in [0.15, 0.2) is 18.2 Å². The Labute approximate surface area is 92.2 Å². The lowest BCUT2D eigenvalue weighted by molar-refractivity contribution is -0.274. The third kappa shape index (κ3) is 4.53. The summed E-state index contributed by atoms with van der Waals surface area (Å²) in [5.41, 5.74) is 7.05. The van der Waals surface area contributed by atoms with E-state index in [0.29, 0.717) is 6.42 Å². The molecular formula is C11H14F3NO. The molecule has 0 aliphatic rings. The van der Waals surface area contributed by atoms with Gasteiger partial charge in [0.15, 0.2) is 0 Å². The van der Waals surface area contributed by atoms with Crippen LogP contribution in [-0.4, -0.2) is 12.4 Å². The van der Waals surface area contributed by atoms with Crippen molar-refractivity contribution in [3.63, 3.8) is 0 Å². The molecule has 2 nitrogen and oxygen atoms in total. The number of nitrogens with two attached hydrogens (primary N) is 1. The zero-order valence-corrected chi connectivity index (χ0v) is 9.14. The number of rotatable bonds is 3. The van der Waals surface area contributed by atoms with Gasteiger partial charge in [-0.25, -0.2) is 0 Å². The summed E-state index contributed by atoms with van der Waals surface area (Å²) in [6.07, 6.45) is -4.13. The highest BCUT2D eigenvalue weighted by Crippen LogP contribution is 2.25. The van der Waals surface area contributed by atoms with E-state index in [-0.39, 0.29) is 11.8 Å². The van der Waals surface area contributed by atoms with Crippen LogP contribution in [0.4, 0.5) is 13.2 Å². The lowest BCUT2D eigenvalue weighted by atomic mass is 10.0. The number of benzene rings is 1. The fourth-order valence-corrected chi connectivity index (χ4v) is 1.51. The molecule has 0 aromatic heterocycles. The van der Waals surface area contributed by atoms with Gasteiger partial charge in [0.1, 0.15) is 5.75 Å². The Balaban J connectivity index is 2.90. The van der Waals surface area contributed by atoms with Gasteiger partial charge in [0.05, 0.1) is 0 Å². The fraction of sp³-hybridized carbons (Fsp3) is 0.455. The van der Waals surface area contributed by atoms with Gasteiger partial charge in [0.25, 0.3) is 0 Å². The van der Waals surface area contributed by atoms with Crippen LogP contribution in [0, 0.1) is 6.92 Å². The first-order chi connectivity index (χ1) is 7.26. The summed E-state index contributed by atoms with van der Waals surface area (Å²) in [5, 5.41) is 0. The van der Waals surface area contributed by atoms with Gasteiger partial charge in [-0.2, -0.15) is 0 Å². The van der Waals surface area contributed by atoms with Crippen molar-refractivity contribution in [3.05, 3.63) is 29.3 Å². The van der Waals surface area contributed by atoms with Crippen molar-refractivity contribution in [3.8, 4) is 5.75 Å². The van der Waals surface area contributed by atoms with Gasteiger partial charge in [-0.3, -0.25) is 0 Å². The molecule has 0 amide bonds. The molecule has 0 saturated heterocycles. The van der Waals surface area contributed by atoms with E-state index in [0.717, 1.165) is 11.1 Å². The zero-order valence-electron chi connectivity index (χ0n) is 9.14. The zero-order chi connectivity index (χ0) is 12.3. The predicted octanol–water partition coefficient (Wildman–Crippen LogP) is 2.78. The van der Waals surface area contributed by atoms with Gasteiger partial charge in [0.2, 0.25) is 0 Å². The van der Waals surface area contributed by atoms with Crippen LogP contribution in [0.3, 0.4) is 0 Å². The third-order valence-electron chi connectivity index (χ3n) is 1.90. The first-order valence-electron chi connectivity index (χ1n) is 4.88. The average Bonchev–Trinajstić information content (AvgIpc) is 1.96. The molecule has 0 bridgehead atoms. The monoisotopic (exact) mass is 233 g/mol. The van der Waals surface area contributed by atoms with E-state index in [2.05, 4.69) is 4.74 Å². The molecule has 1 rings (SSSR count). The first kappa shape index (κ1) is 12.8. The standard InChI is InChI=1S/C11H14F3NO/c1-7-3-9(5-8(2)15)6-10(4-7)16-11(12,13)14/h3-4,6,8H,5,15H2,1-2H3. The van der Waals surface area contributed by atoms with Gasteiger partial charge in [-0.1, -0.05) is 6.07 Å². The van der Waals surface area contributed by atoms with Crippen LogP contribution in [0.1, 0.15) is 18.1 Å². The lowest BCUT2D eigenvalue weighted by Gasteiger charge is -2.12. The van der Waals surface area contributed by atoms with Crippen molar-refractivity contribution in [1.82, 2.24) is 0 Å². The van der Waals surface area contributed by atoms with Crippen LogP contribution < -0.4 is 10.5 Å². The second kappa shape index (κ2) is 4.74. The maximum atomic E-state index is 12.0. The second-order valence-electron chi connectivity index (χ2n) is 3.88. The van der Waals surface area contributed by atoms with E-state index in [1.54, 1.807) is 19.9 Å². The average molecular weight is 233 g/mol. The fourth-order valence-electron chi connectivity index (χ4n) is 1.51. The van der Waals surface area contributed by atoms with Gasteiger partial charge >= 0.3 is 6.36 Å². The van der Waals surface area contributed by atoms with E-state index in [1.165, 1.54) is 12.1 Å². The molecule has 1 unspecified atom stereocenters. The highest BCUT2D eigenvalue weighted by molar-refractivity contribution is 5.34. The summed E-state index contributed by atoms with van der Waals surface area (Å²) < 4.78 is 39.9. The Morgan fingerprint density at radius 3 is 2.44 bits per heavy atom. The van der Waals surface area contributed by atoms with Gasteiger partial charge in [-0.15, -0.1) is 13.2 Å². The van der Waals surface area contributed by atoms with Crippen LogP contribution in [-0.2, 0) is 6.42 Å². The minimum atomic E-state index is -4.65. The Bertz CT molecular complexity index is 361. The van der Waals surface area contributed by atoms with Crippen molar-refractivity contribution in [1.29, 1.82) is 0 Å². The van der Waals surface area contributed by atoms with E-state index >= 15 is 0 Å². The maximum absolute atomic E-state index is 12.0. The SMILES string of the molecule is Cc1cc(CC(C)N)cc(OC(F)(F)F)c1. The Kier molecular flexibility index (Phi) is 3.80. The molecule has 0 heterocycles. The summed E-state index contributed by atoms with van der Waals surface area (Å²) in [7, 11) is 0. The summed E-state index contributed by atoms with van der Waals surface area (Å²) in [6.45, 7) is 3.51. The molecule has 0 spiro atoms. The molecule has 0 radical (unpaired) electrons. The third-order valence-corrected chi connectivity index (χ3v) is 1.90. The largest absolute Gasteiger partial charge is 0.573 e. The second-order valence-corrected chi connectivity index (χ2v) is 3.88. The van der Waals surface area contributed by atoms with Crippen molar-refractivity contribution in [2.75, 3.05) is 0 Å². The van der Waals surface area contributed by atoms with Crippen molar-refractivity contribution >= 4 is 0 Å². The van der Waals surface area contributed by atoms with E-state index < -0.39 is 6.36 Å². The van der Waals surface area contributed by atoms with Crippen LogP contribution in [0.2, 0.25) is 0 Å². The molecule has 2 N–H and O–H groups in total. The van der Waals surface area contributed by atoms with E-state index in [4.69, 9.17) is 5.73 Å². The summed E-state index contributed by atoms with van der Waals surface area (Å²) in [6, 6.07) is 4.41.